The van der Waals surface area contributed by atoms with Gasteiger partial charge < -0.3 is 5.32 Å². The molecule has 18 heavy (non-hydrogen) atoms. The first-order valence-corrected chi connectivity index (χ1v) is 7.38. The van der Waals surface area contributed by atoms with Gasteiger partial charge in [-0.2, -0.15) is 0 Å². The van der Waals surface area contributed by atoms with Crippen LogP contribution in [0.3, 0.4) is 0 Å². The fourth-order valence-corrected chi connectivity index (χ4v) is 2.83. The van der Waals surface area contributed by atoms with E-state index in [-0.39, 0.29) is 0 Å². The molecule has 1 atom stereocenters. The molecule has 0 saturated carbocycles. The van der Waals surface area contributed by atoms with E-state index in [1.165, 1.54) is 21.7 Å². The summed E-state index contributed by atoms with van der Waals surface area (Å²) in [5, 5.41) is 3.59. The van der Waals surface area contributed by atoms with Crippen molar-refractivity contribution < 1.29 is 0 Å². The topological polar surface area (TPSA) is 12.0 Å². The molecule has 0 fully saturated rings. The zero-order chi connectivity index (χ0) is 12.8. The molecular weight excluding hydrogens is 238 g/mol. The van der Waals surface area contributed by atoms with Gasteiger partial charge in [0.25, 0.3) is 0 Å². The van der Waals surface area contributed by atoms with Gasteiger partial charge in [0.2, 0.25) is 0 Å². The van der Waals surface area contributed by atoms with Crippen molar-refractivity contribution in [1.82, 2.24) is 5.32 Å². The highest BCUT2D eigenvalue weighted by atomic mass is 32.1. The number of rotatable bonds is 6. The van der Waals surface area contributed by atoms with Gasteiger partial charge in [-0.25, -0.2) is 0 Å². The van der Waals surface area contributed by atoms with Crippen LogP contribution in [0.25, 0.3) is 0 Å². The lowest BCUT2D eigenvalue weighted by molar-refractivity contribution is 0.517. The Morgan fingerprint density at radius 2 is 1.89 bits per heavy atom. The predicted octanol–water partition coefficient (Wildman–Crippen LogP) is 4.17. The summed E-state index contributed by atoms with van der Waals surface area (Å²) < 4.78 is 0. The van der Waals surface area contributed by atoms with E-state index in [0.29, 0.717) is 6.04 Å². The Morgan fingerprint density at radius 1 is 1.11 bits per heavy atom. The van der Waals surface area contributed by atoms with E-state index >= 15 is 0 Å². The molecule has 0 aliphatic carbocycles. The van der Waals surface area contributed by atoms with Gasteiger partial charge in [0.1, 0.15) is 0 Å². The van der Waals surface area contributed by atoms with Gasteiger partial charge >= 0.3 is 0 Å². The number of hydrogen-bond donors (Lipinski definition) is 1. The van der Waals surface area contributed by atoms with Gasteiger partial charge in [0, 0.05) is 22.3 Å². The number of hydrogen-bond acceptors (Lipinski definition) is 2. The Labute approximate surface area is 114 Å². The van der Waals surface area contributed by atoms with Crippen molar-refractivity contribution in [1.29, 1.82) is 0 Å². The van der Waals surface area contributed by atoms with Gasteiger partial charge in [0.05, 0.1) is 0 Å². The average Bonchev–Trinajstić information content (AvgIpc) is 2.81. The summed E-state index contributed by atoms with van der Waals surface area (Å²) >= 11 is 1.88. The van der Waals surface area contributed by atoms with E-state index in [1.54, 1.807) is 0 Å². The number of aryl methyl sites for hydroxylation is 2. The molecule has 0 bridgehead atoms. The molecule has 0 aliphatic rings. The van der Waals surface area contributed by atoms with Gasteiger partial charge in [-0.3, -0.25) is 0 Å². The first-order chi connectivity index (χ1) is 8.74. The lowest BCUT2D eigenvalue weighted by atomic mass is 10.1. The van der Waals surface area contributed by atoms with Gasteiger partial charge in [-0.05, 0) is 44.4 Å². The first-order valence-electron chi connectivity index (χ1n) is 6.56. The number of thiophene rings is 1. The van der Waals surface area contributed by atoms with E-state index < -0.39 is 0 Å². The van der Waals surface area contributed by atoms with E-state index in [1.807, 2.05) is 11.3 Å². The van der Waals surface area contributed by atoms with Crippen molar-refractivity contribution in [2.75, 3.05) is 0 Å². The maximum atomic E-state index is 3.59. The summed E-state index contributed by atoms with van der Waals surface area (Å²) in [4.78, 5) is 2.82. The van der Waals surface area contributed by atoms with Crippen LogP contribution in [0.15, 0.2) is 42.5 Å². The van der Waals surface area contributed by atoms with Crippen LogP contribution in [0.2, 0.25) is 0 Å². The van der Waals surface area contributed by atoms with Crippen molar-refractivity contribution in [3.63, 3.8) is 0 Å². The molecule has 0 unspecified atom stereocenters. The minimum atomic E-state index is 0.563. The second-order valence-corrected chi connectivity index (χ2v) is 6.19. The third-order valence-corrected chi connectivity index (χ3v) is 4.13. The molecule has 1 N–H and O–H groups in total. The van der Waals surface area contributed by atoms with Crippen molar-refractivity contribution in [2.45, 2.75) is 39.3 Å². The summed E-state index contributed by atoms with van der Waals surface area (Å²) in [6, 6.07) is 15.7. The van der Waals surface area contributed by atoms with Gasteiger partial charge in [-0.15, -0.1) is 11.3 Å². The Hall–Kier alpha value is -1.12. The average molecular weight is 259 g/mol. The Balaban J connectivity index is 1.71. The second-order valence-electron chi connectivity index (χ2n) is 4.82. The lowest BCUT2D eigenvalue weighted by Crippen LogP contribution is -2.25. The molecule has 0 amide bonds. The van der Waals surface area contributed by atoms with Crippen LogP contribution in [-0.2, 0) is 13.0 Å². The molecule has 0 spiro atoms. The molecular formula is C16H21NS. The van der Waals surface area contributed by atoms with Crippen LogP contribution < -0.4 is 5.32 Å². The van der Waals surface area contributed by atoms with Crippen LogP contribution in [0.4, 0.5) is 0 Å². The molecule has 2 heteroatoms. The standard InChI is InChI=1S/C16H21NS/c1-13(8-10-15-6-4-3-5-7-15)17-12-16-11-9-14(2)18-16/h3-7,9,11,13,17H,8,10,12H2,1-2H3/t13-/m1/s1. The van der Waals surface area contributed by atoms with Crippen molar-refractivity contribution in [3.8, 4) is 0 Å². The Bertz CT molecular complexity index is 461. The molecule has 96 valence electrons. The SMILES string of the molecule is Cc1ccc(CN[C@H](C)CCc2ccccc2)s1. The zero-order valence-electron chi connectivity index (χ0n) is 11.1. The maximum absolute atomic E-state index is 3.59. The van der Waals surface area contributed by atoms with E-state index in [4.69, 9.17) is 0 Å². The number of nitrogens with one attached hydrogen (secondary N) is 1. The van der Waals surface area contributed by atoms with E-state index in [2.05, 4.69) is 61.6 Å². The molecule has 0 radical (unpaired) electrons. The molecule has 0 aliphatic heterocycles. The maximum Gasteiger partial charge on any atom is 0.0302 e. The van der Waals surface area contributed by atoms with Crippen LogP contribution >= 0.6 is 11.3 Å². The third kappa shape index (κ3) is 4.28. The summed E-state index contributed by atoms with van der Waals surface area (Å²) in [7, 11) is 0. The number of benzene rings is 1. The van der Waals surface area contributed by atoms with Crippen LogP contribution in [-0.4, -0.2) is 6.04 Å². The largest absolute Gasteiger partial charge is 0.309 e. The highest BCUT2D eigenvalue weighted by Crippen LogP contribution is 2.15. The summed E-state index contributed by atoms with van der Waals surface area (Å²) in [6.07, 6.45) is 2.34. The van der Waals surface area contributed by atoms with Gasteiger partial charge in [-0.1, -0.05) is 30.3 Å². The highest BCUT2D eigenvalue weighted by molar-refractivity contribution is 7.11. The van der Waals surface area contributed by atoms with Crippen LogP contribution in [0.5, 0.6) is 0 Å². The first kappa shape index (κ1) is 13.3. The molecule has 0 saturated heterocycles. The van der Waals surface area contributed by atoms with Crippen molar-refractivity contribution in [2.24, 2.45) is 0 Å². The fraction of sp³-hybridized carbons (Fsp3) is 0.375. The quantitative estimate of drug-likeness (QED) is 0.821. The zero-order valence-corrected chi connectivity index (χ0v) is 12.0. The normalized spacial score (nSPS) is 12.6. The Kier molecular flexibility index (Phi) is 4.97. The molecule has 2 aromatic rings. The predicted molar refractivity (Wildman–Crippen MR) is 80.1 cm³/mol. The second kappa shape index (κ2) is 6.72. The molecule has 1 heterocycles. The molecule has 2 rings (SSSR count). The fourth-order valence-electron chi connectivity index (χ4n) is 1.98. The van der Waals surface area contributed by atoms with Crippen molar-refractivity contribution >= 4 is 11.3 Å². The van der Waals surface area contributed by atoms with E-state index in [0.717, 1.165) is 13.0 Å². The summed E-state index contributed by atoms with van der Waals surface area (Å²) in [5.74, 6) is 0. The third-order valence-electron chi connectivity index (χ3n) is 3.13. The smallest absolute Gasteiger partial charge is 0.0302 e. The van der Waals surface area contributed by atoms with Crippen LogP contribution in [0.1, 0.15) is 28.7 Å². The van der Waals surface area contributed by atoms with E-state index in [9.17, 15) is 0 Å². The highest BCUT2D eigenvalue weighted by Gasteiger charge is 2.03. The summed E-state index contributed by atoms with van der Waals surface area (Å²) in [5.41, 5.74) is 1.43. The lowest BCUT2D eigenvalue weighted by Gasteiger charge is -2.13. The molecule has 1 aromatic heterocycles. The molecule has 1 aromatic carbocycles. The minimum Gasteiger partial charge on any atom is -0.309 e. The minimum absolute atomic E-state index is 0.563. The van der Waals surface area contributed by atoms with Gasteiger partial charge in [0.15, 0.2) is 0 Å². The Morgan fingerprint density at radius 3 is 2.56 bits per heavy atom. The molecule has 1 nitrogen and oxygen atoms in total. The summed E-state index contributed by atoms with van der Waals surface area (Å²) in [6.45, 7) is 5.42. The monoisotopic (exact) mass is 259 g/mol. The van der Waals surface area contributed by atoms with Crippen molar-refractivity contribution in [3.05, 3.63) is 57.8 Å². The van der Waals surface area contributed by atoms with Crippen LogP contribution in [0, 0.1) is 6.92 Å².